The number of nitrogens with one attached hydrogen (secondary N) is 1. The lowest BCUT2D eigenvalue weighted by Gasteiger charge is -2.10. The van der Waals surface area contributed by atoms with Gasteiger partial charge < -0.3 is 14.5 Å². The molecular formula is C24H21N3O3. The van der Waals surface area contributed by atoms with Gasteiger partial charge in [-0.05, 0) is 36.2 Å². The van der Waals surface area contributed by atoms with Gasteiger partial charge in [-0.25, -0.2) is 0 Å². The Balaban J connectivity index is 1.37. The molecule has 6 heteroatoms. The van der Waals surface area contributed by atoms with E-state index in [-0.39, 0.29) is 12.5 Å². The second-order valence-corrected chi connectivity index (χ2v) is 6.65. The summed E-state index contributed by atoms with van der Waals surface area (Å²) in [5.41, 5.74) is 2.66. The van der Waals surface area contributed by atoms with Gasteiger partial charge in [0, 0.05) is 12.1 Å². The molecule has 0 fully saturated rings. The van der Waals surface area contributed by atoms with Crippen molar-refractivity contribution in [3.05, 3.63) is 90.5 Å². The molecular weight excluding hydrogens is 378 g/mol. The van der Waals surface area contributed by atoms with Crippen LogP contribution < -0.4 is 10.1 Å². The second-order valence-electron chi connectivity index (χ2n) is 6.65. The molecule has 0 aliphatic rings. The highest BCUT2D eigenvalue weighted by Gasteiger charge is 2.15. The number of amides is 1. The first-order chi connectivity index (χ1) is 14.8. The number of hydrogen-bond donors (Lipinski definition) is 1. The van der Waals surface area contributed by atoms with Crippen LogP contribution in [-0.4, -0.2) is 29.3 Å². The largest absolute Gasteiger partial charge is 0.483 e. The standard InChI is InChI=1S/C24H21N3O3/c28-22(25-16-15-18-9-3-1-4-10-18)17-29-21-14-8-7-13-20(21)24-27-26-23(30-24)19-11-5-2-6-12-19/h1-14H,15-17H2,(H,25,28). The molecule has 0 spiro atoms. The van der Waals surface area contributed by atoms with Gasteiger partial charge in [-0.2, -0.15) is 0 Å². The molecule has 30 heavy (non-hydrogen) atoms. The summed E-state index contributed by atoms with van der Waals surface area (Å²) < 4.78 is 11.5. The summed E-state index contributed by atoms with van der Waals surface area (Å²) in [5.74, 6) is 1.10. The van der Waals surface area contributed by atoms with Crippen LogP contribution in [0.2, 0.25) is 0 Å². The highest BCUT2D eigenvalue weighted by atomic mass is 16.5. The summed E-state index contributed by atoms with van der Waals surface area (Å²) >= 11 is 0. The van der Waals surface area contributed by atoms with E-state index in [1.807, 2.05) is 78.9 Å². The molecule has 0 atom stereocenters. The lowest BCUT2D eigenvalue weighted by atomic mass is 10.1. The van der Waals surface area contributed by atoms with Gasteiger partial charge in [-0.3, -0.25) is 4.79 Å². The van der Waals surface area contributed by atoms with Crippen molar-refractivity contribution in [1.29, 1.82) is 0 Å². The van der Waals surface area contributed by atoms with Crippen LogP contribution in [0, 0.1) is 0 Å². The van der Waals surface area contributed by atoms with E-state index >= 15 is 0 Å². The van der Waals surface area contributed by atoms with Gasteiger partial charge in [0.05, 0.1) is 5.56 Å². The number of para-hydroxylation sites is 1. The molecule has 6 nitrogen and oxygen atoms in total. The zero-order valence-corrected chi connectivity index (χ0v) is 16.3. The van der Waals surface area contributed by atoms with Crippen molar-refractivity contribution in [3.8, 4) is 28.7 Å². The molecule has 1 N–H and O–H groups in total. The van der Waals surface area contributed by atoms with Crippen LogP contribution in [0.25, 0.3) is 22.9 Å². The topological polar surface area (TPSA) is 77.2 Å². The lowest BCUT2D eigenvalue weighted by molar-refractivity contribution is -0.123. The predicted molar refractivity (Wildman–Crippen MR) is 114 cm³/mol. The van der Waals surface area contributed by atoms with Crippen LogP contribution in [0.4, 0.5) is 0 Å². The maximum absolute atomic E-state index is 12.2. The lowest BCUT2D eigenvalue weighted by Crippen LogP contribution is -2.30. The molecule has 4 aromatic rings. The van der Waals surface area contributed by atoms with Gasteiger partial charge in [0.25, 0.3) is 11.8 Å². The smallest absolute Gasteiger partial charge is 0.257 e. The fourth-order valence-corrected chi connectivity index (χ4v) is 2.98. The highest BCUT2D eigenvalue weighted by molar-refractivity contribution is 5.78. The third-order valence-electron chi connectivity index (χ3n) is 4.50. The zero-order chi connectivity index (χ0) is 20.6. The molecule has 1 amide bonds. The highest BCUT2D eigenvalue weighted by Crippen LogP contribution is 2.30. The van der Waals surface area contributed by atoms with Gasteiger partial charge >= 0.3 is 0 Å². The second kappa shape index (κ2) is 9.52. The molecule has 1 aromatic heterocycles. The van der Waals surface area contributed by atoms with Crippen LogP contribution in [-0.2, 0) is 11.2 Å². The molecule has 4 rings (SSSR count). The van der Waals surface area contributed by atoms with Gasteiger partial charge in [-0.15, -0.1) is 10.2 Å². The fourth-order valence-electron chi connectivity index (χ4n) is 2.98. The van der Waals surface area contributed by atoms with E-state index in [9.17, 15) is 4.79 Å². The van der Waals surface area contributed by atoms with Crippen molar-refractivity contribution < 1.29 is 13.9 Å². The number of carbonyl (C=O) groups excluding carboxylic acids is 1. The number of rotatable bonds is 8. The van der Waals surface area contributed by atoms with E-state index in [2.05, 4.69) is 15.5 Å². The number of nitrogens with zero attached hydrogens (tertiary/aromatic N) is 2. The quantitative estimate of drug-likeness (QED) is 0.482. The summed E-state index contributed by atoms with van der Waals surface area (Å²) in [7, 11) is 0. The summed E-state index contributed by atoms with van der Waals surface area (Å²) in [5, 5.41) is 11.1. The van der Waals surface area contributed by atoms with Crippen LogP contribution >= 0.6 is 0 Å². The van der Waals surface area contributed by atoms with Crippen LogP contribution in [0.3, 0.4) is 0 Å². The molecule has 0 bridgehead atoms. The van der Waals surface area contributed by atoms with Gasteiger partial charge in [0.15, 0.2) is 6.61 Å². The van der Waals surface area contributed by atoms with E-state index < -0.39 is 0 Å². The minimum atomic E-state index is -0.184. The average Bonchev–Trinajstić information content (AvgIpc) is 3.29. The number of hydrogen-bond acceptors (Lipinski definition) is 5. The van der Waals surface area contributed by atoms with Crippen molar-refractivity contribution >= 4 is 5.91 Å². The number of aromatic nitrogens is 2. The van der Waals surface area contributed by atoms with E-state index in [1.54, 1.807) is 6.07 Å². The molecule has 0 saturated carbocycles. The van der Waals surface area contributed by atoms with Crippen molar-refractivity contribution in [2.45, 2.75) is 6.42 Å². The third-order valence-corrected chi connectivity index (χ3v) is 4.50. The first-order valence-corrected chi connectivity index (χ1v) is 9.71. The predicted octanol–water partition coefficient (Wildman–Crippen LogP) is 4.14. The molecule has 0 unspecified atom stereocenters. The summed E-state index contributed by atoms with van der Waals surface area (Å²) in [4.78, 5) is 12.2. The maximum atomic E-state index is 12.2. The first kappa shape index (κ1) is 19.4. The number of benzene rings is 3. The van der Waals surface area contributed by atoms with E-state index in [0.29, 0.717) is 29.6 Å². The monoisotopic (exact) mass is 399 g/mol. The molecule has 0 radical (unpaired) electrons. The average molecular weight is 399 g/mol. The Morgan fingerprint density at radius 1 is 0.833 bits per heavy atom. The molecule has 0 aliphatic carbocycles. The fraction of sp³-hybridized carbons (Fsp3) is 0.125. The van der Waals surface area contributed by atoms with Crippen LogP contribution in [0.1, 0.15) is 5.56 Å². The summed E-state index contributed by atoms with van der Waals surface area (Å²) in [6, 6.07) is 26.8. The zero-order valence-electron chi connectivity index (χ0n) is 16.3. The normalized spacial score (nSPS) is 10.5. The maximum Gasteiger partial charge on any atom is 0.257 e. The van der Waals surface area contributed by atoms with Gasteiger partial charge in [-0.1, -0.05) is 60.7 Å². The molecule has 0 saturated heterocycles. The van der Waals surface area contributed by atoms with Gasteiger partial charge in [0.2, 0.25) is 5.89 Å². The van der Waals surface area contributed by atoms with E-state index in [1.165, 1.54) is 5.56 Å². The van der Waals surface area contributed by atoms with Crippen molar-refractivity contribution in [2.75, 3.05) is 13.2 Å². The van der Waals surface area contributed by atoms with Crippen molar-refractivity contribution in [1.82, 2.24) is 15.5 Å². The van der Waals surface area contributed by atoms with Crippen LogP contribution in [0.5, 0.6) is 5.75 Å². The number of ether oxygens (including phenoxy) is 1. The molecule has 150 valence electrons. The van der Waals surface area contributed by atoms with Crippen molar-refractivity contribution in [2.24, 2.45) is 0 Å². The SMILES string of the molecule is O=C(COc1ccccc1-c1nnc(-c2ccccc2)o1)NCCc1ccccc1. The Bertz CT molecular complexity index is 1090. The summed E-state index contributed by atoms with van der Waals surface area (Å²) in [6.45, 7) is 0.462. The Morgan fingerprint density at radius 2 is 1.50 bits per heavy atom. The number of carbonyl (C=O) groups is 1. The van der Waals surface area contributed by atoms with Gasteiger partial charge in [0.1, 0.15) is 5.75 Å². The van der Waals surface area contributed by atoms with E-state index in [4.69, 9.17) is 9.15 Å². The summed E-state index contributed by atoms with van der Waals surface area (Å²) in [6.07, 6.45) is 0.771. The Labute approximate surface area is 174 Å². The Kier molecular flexibility index (Phi) is 6.15. The van der Waals surface area contributed by atoms with E-state index in [0.717, 1.165) is 12.0 Å². The molecule has 3 aromatic carbocycles. The van der Waals surface area contributed by atoms with Crippen molar-refractivity contribution in [3.63, 3.8) is 0 Å². The first-order valence-electron chi connectivity index (χ1n) is 9.71. The minimum absolute atomic E-state index is 0.0918. The molecule has 0 aliphatic heterocycles. The minimum Gasteiger partial charge on any atom is -0.483 e. The molecule has 1 heterocycles. The van der Waals surface area contributed by atoms with Crippen LogP contribution in [0.15, 0.2) is 89.3 Å². The Hall–Kier alpha value is -3.93. The Morgan fingerprint density at radius 3 is 2.30 bits per heavy atom. The third kappa shape index (κ3) is 4.91.